The quantitative estimate of drug-likeness (QED) is 0.948. The minimum absolute atomic E-state index is 0.156. The molecule has 2 atom stereocenters. The summed E-state index contributed by atoms with van der Waals surface area (Å²) in [6.07, 6.45) is 2.01. The summed E-state index contributed by atoms with van der Waals surface area (Å²) in [6.45, 7) is 7.50. The van der Waals surface area contributed by atoms with Crippen molar-refractivity contribution < 1.29 is 0 Å². The molecule has 0 saturated carbocycles. The lowest BCUT2D eigenvalue weighted by Gasteiger charge is -2.36. The molecule has 2 unspecified atom stereocenters. The van der Waals surface area contributed by atoms with Gasteiger partial charge in [0.15, 0.2) is 0 Å². The third kappa shape index (κ3) is 2.49. The summed E-state index contributed by atoms with van der Waals surface area (Å²) in [5, 5.41) is 6.85. The zero-order chi connectivity index (χ0) is 15.1. The number of aryl methyl sites for hydroxylation is 2. The third-order valence-corrected chi connectivity index (χ3v) is 5.39. The van der Waals surface area contributed by atoms with Gasteiger partial charge in [0, 0.05) is 30.1 Å². The maximum Gasteiger partial charge on any atom is 0.130 e. The Morgan fingerprint density at radius 2 is 2.29 bits per heavy atom. The van der Waals surface area contributed by atoms with E-state index in [4.69, 9.17) is 5.73 Å². The van der Waals surface area contributed by atoms with Gasteiger partial charge in [0.25, 0.3) is 0 Å². The highest BCUT2D eigenvalue weighted by molar-refractivity contribution is 7.10. The van der Waals surface area contributed by atoms with Crippen LogP contribution >= 0.6 is 11.3 Å². The Balaban J connectivity index is 2.01. The van der Waals surface area contributed by atoms with E-state index >= 15 is 0 Å². The normalized spacial score (nSPS) is 19.7. The molecule has 0 amide bonds. The van der Waals surface area contributed by atoms with Gasteiger partial charge >= 0.3 is 0 Å². The molecule has 1 aliphatic heterocycles. The van der Waals surface area contributed by atoms with E-state index in [0.29, 0.717) is 6.04 Å². The summed E-state index contributed by atoms with van der Waals surface area (Å²) in [5.74, 6) is 1.24. The molecule has 0 spiro atoms. The number of fused-ring (bicyclic) bond motifs is 1. The Morgan fingerprint density at radius 1 is 1.52 bits per heavy atom. The van der Waals surface area contributed by atoms with E-state index < -0.39 is 0 Å². The zero-order valence-electron chi connectivity index (χ0n) is 13.3. The summed E-state index contributed by atoms with van der Waals surface area (Å²) < 4.78 is 2.03. The number of aromatic nitrogens is 2. The van der Waals surface area contributed by atoms with Crippen LogP contribution in [0.1, 0.15) is 41.6 Å². The van der Waals surface area contributed by atoms with Crippen molar-refractivity contribution in [2.75, 3.05) is 11.4 Å². The second-order valence-electron chi connectivity index (χ2n) is 6.11. The smallest absolute Gasteiger partial charge is 0.130 e. The average Bonchev–Trinajstić information content (AvgIpc) is 2.97. The van der Waals surface area contributed by atoms with Crippen molar-refractivity contribution in [3.8, 4) is 0 Å². The molecule has 3 rings (SSSR count). The number of hydrogen-bond donors (Lipinski definition) is 1. The Bertz CT molecular complexity index is 641. The van der Waals surface area contributed by atoms with Gasteiger partial charge in [-0.3, -0.25) is 4.68 Å². The van der Waals surface area contributed by atoms with Gasteiger partial charge in [-0.25, -0.2) is 0 Å². The Hall–Kier alpha value is -1.33. The number of anilines is 1. The molecule has 0 aliphatic carbocycles. The van der Waals surface area contributed by atoms with Gasteiger partial charge in [0.1, 0.15) is 5.82 Å². The summed E-state index contributed by atoms with van der Waals surface area (Å²) in [5.41, 5.74) is 9.92. The summed E-state index contributed by atoms with van der Waals surface area (Å²) in [4.78, 5) is 4.03. The monoisotopic (exact) mass is 304 g/mol. The van der Waals surface area contributed by atoms with Crippen molar-refractivity contribution >= 4 is 17.2 Å². The number of hydrogen-bond acceptors (Lipinski definition) is 4. The van der Waals surface area contributed by atoms with Crippen LogP contribution in [0.4, 0.5) is 5.82 Å². The van der Waals surface area contributed by atoms with Crippen molar-refractivity contribution in [3.63, 3.8) is 0 Å². The molecule has 0 fully saturated rings. The Morgan fingerprint density at radius 3 is 3.00 bits per heavy atom. The summed E-state index contributed by atoms with van der Waals surface area (Å²) >= 11 is 1.88. The SMILES string of the molecule is Cc1nn(C)c(N2CCc3sccc3C2C)c1CC(C)N. The van der Waals surface area contributed by atoms with Crippen LogP contribution in [0.2, 0.25) is 0 Å². The van der Waals surface area contributed by atoms with Crippen LogP contribution < -0.4 is 10.6 Å². The van der Waals surface area contributed by atoms with Gasteiger partial charge in [-0.05, 0) is 50.6 Å². The molecule has 4 nitrogen and oxygen atoms in total. The van der Waals surface area contributed by atoms with E-state index in [9.17, 15) is 0 Å². The lowest BCUT2D eigenvalue weighted by Crippen LogP contribution is -2.35. The molecule has 114 valence electrons. The molecular formula is C16H24N4S. The molecule has 5 heteroatoms. The van der Waals surface area contributed by atoms with Gasteiger partial charge in [-0.15, -0.1) is 11.3 Å². The van der Waals surface area contributed by atoms with Crippen LogP contribution in [-0.2, 0) is 19.9 Å². The first-order chi connectivity index (χ1) is 9.99. The fourth-order valence-corrected chi connectivity index (χ4v) is 4.37. The van der Waals surface area contributed by atoms with E-state index in [-0.39, 0.29) is 6.04 Å². The number of rotatable bonds is 3. The lowest BCUT2D eigenvalue weighted by molar-refractivity contribution is 0.595. The second-order valence-corrected chi connectivity index (χ2v) is 7.11. The largest absolute Gasteiger partial charge is 0.349 e. The van der Waals surface area contributed by atoms with E-state index in [2.05, 4.69) is 42.2 Å². The Kier molecular flexibility index (Phi) is 3.80. The van der Waals surface area contributed by atoms with Crippen LogP contribution in [-0.4, -0.2) is 22.4 Å². The molecule has 21 heavy (non-hydrogen) atoms. The van der Waals surface area contributed by atoms with Crippen molar-refractivity contribution in [1.82, 2.24) is 9.78 Å². The highest BCUT2D eigenvalue weighted by atomic mass is 32.1. The molecule has 0 saturated heterocycles. The van der Waals surface area contributed by atoms with E-state index in [1.54, 1.807) is 0 Å². The van der Waals surface area contributed by atoms with Crippen molar-refractivity contribution in [2.24, 2.45) is 12.8 Å². The molecular weight excluding hydrogens is 280 g/mol. The number of nitrogens with zero attached hydrogens (tertiary/aromatic N) is 3. The average molecular weight is 304 g/mol. The molecule has 2 aromatic rings. The number of nitrogens with two attached hydrogens (primary N) is 1. The lowest BCUT2D eigenvalue weighted by atomic mass is 9.99. The number of thiophene rings is 1. The molecule has 3 heterocycles. The van der Waals surface area contributed by atoms with E-state index in [0.717, 1.165) is 25.1 Å². The highest BCUT2D eigenvalue weighted by Gasteiger charge is 2.29. The van der Waals surface area contributed by atoms with Crippen LogP contribution in [0.3, 0.4) is 0 Å². The van der Waals surface area contributed by atoms with Gasteiger partial charge in [0.05, 0.1) is 11.7 Å². The summed E-state index contributed by atoms with van der Waals surface area (Å²) in [7, 11) is 2.04. The van der Waals surface area contributed by atoms with E-state index in [1.807, 2.05) is 23.1 Å². The first kappa shape index (κ1) is 14.6. The zero-order valence-corrected chi connectivity index (χ0v) is 14.1. The van der Waals surface area contributed by atoms with Crippen LogP contribution in [0, 0.1) is 6.92 Å². The fourth-order valence-electron chi connectivity index (χ4n) is 3.41. The Labute approximate surface area is 130 Å². The van der Waals surface area contributed by atoms with Crippen molar-refractivity contribution in [3.05, 3.63) is 33.1 Å². The highest BCUT2D eigenvalue weighted by Crippen LogP contribution is 2.38. The first-order valence-electron chi connectivity index (χ1n) is 7.60. The maximum atomic E-state index is 6.04. The predicted octanol–water partition coefficient (Wildman–Crippen LogP) is 2.80. The third-order valence-electron chi connectivity index (χ3n) is 4.39. The fraction of sp³-hybridized carbons (Fsp3) is 0.562. The van der Waals surface area contributed by atoms with Gasteiger partial charge in [-0.1, -0.05) is 0 Å². The van der Waals surface area contributed by atoms with Gasteiger partial charge in [0.2, 0.25) is 0 Å². The predicted molar refractivity (Wildman–Crippen MR) is 89.1 cm³/mol. The van der Waals surface area contributed by atoms with Gasteiger partial charge < -0.3 is 10.6 Å². The van der Waals surface area contributed by atoms with Crippen LogP contribution in [0.5, 0.6) is 0 Å². The van der Waals surface area contributed by atoms with Crippen LogP contribution in [0.25, 0.3) is 0 Å². The molecule has 2 aromatic heterocycles. The van der Waals surface area contributed by atoms with Gasteiger partial charge in [-0.2, -0.15) is 5.10 Å². The van der Waals surface area contributed by atoms with E-state index in [1.165, 1.54) is 21.8 Å². The topological polar surface area (TPSA) is 47.1 Å². The van der Waals surface area contributed by atoms with Crippen molar-refractivity contribution in [2.45, 2.75) is 45.7 Å². The minimum Gasteiger partial charge on any atom is -0.349 e. The molecule has 0 radical (unpaired) electrons. The first-order valence-corrected chi connectivity index (χ1v) is 8.48. The van der Waals surface area contributed by atoms with Crippen molar-refractivity contribution in [1.29, 1.82) is 0 Å². The molecule has 0 bridgehead atoms. The molecule has 0 aromatic carbocycles. The molecule has 2 N–H and O–H groups in total. The maximum absolute atomic E-state index is 6.04. The second kappa shape index (κ2) is 5.46. The molecule has 1 aliphatic rings. The minimum atomic E-state index is 0.156. The van der Waals surface area contributed by atoms with Crippen LogP contribution in [0.15, 0.2) is 11.4 Å². The summed E-state index contributed by atoms with van der Waals surface area (Å²) in [6, 6.07) is 2.83. The standard InChI is InChI=1S/C16H24N4S/c1-10(17)9-14-11(2)18-19(4)16(14)20-7-5-15-13(12(20)3)6-8-21-15/h6,8,10,12H,5,7,9,17H2,1-4H3.